The van der Waals surface area contributed by atoms with Crippen LogP contribution in [0.4, 0.5) is 0 Å². The quantitative estimate of drug-likeness (QED) is 0.536. The molecule has 0 atom stereocenters. The van der Waals surface area contributed by atoms with E-state index in [0.717, 1.165) is 61.3 Å². The number of fused-ring (bicyclic) bond motifs is 3. The van der Waals surface area contributed by atoms with E-state index in [9.17, 15) is 0 Å². The van der Waals surface area contributed by atoms with Gasteiger partial charge in [0.1, 0.15) is 5.82 Å². The lowest BCUT2D eigenvalue weighted by Gasteiger charge is -2.26. The molecule has 6 rings (SSSR count). The van der Waals surface area contributed by atoms with E-state index < -0.39 is 0 Å². The van der Waals surface area contributed by atoms with Gasteiger partial charge >= 0.3 is 0 Å². The smallest absolute Gasteiger partial charge is 0.223 e. The van der Waals surface area contributed by atoms with Crippen molar-refractivity contribution in [3.05, 3.63) is 52.1 Å². The van der Waals surface area contributed by atoms with Crippen molar-refractivity contribution in [2.45, 2.75) is 89.3 Å². The Balaban J connectivity index is 1.31. The van der Waals surface area contributed by atoms with Crippen LogP contribution < -0.4 is 0 Å². The monoisotopic (exact) mass is 452 g/mol. The van der Waals surface area contributed by atoms with Crippen LogP contribution in [0.2, 0.25) is 5.02 Å². The highest BCUT2D eigenvalue weighted by atomic mass is 35.5. The summed E-state index contributed by atoms with van der Waals surface area (Å²) in [5.74, 6) is 4.42. The molecule has 0 amide bonds. The van der Waals surface area contributed by atoms with Crippen LogP contribution in [0.25, 0.3) is 5.69 Å². The summed E-state index contributed by atoms with van der Waals surface area (Å²) in [5, 5.41) is 14.4. The molecule has 0 N–H and O–H groups in total. The molecule has 168 valence electrons. The lowest BCUT2D eigenvalue weighted by molar-refractivity contribution is 0.178. The van der Waals surface area contributed by atoms with Crippen LogP contribution in [0.1, 0.15) is 92.1 Å². The normalized spacial score (nSPS) is 24.3. The Labute approximate surface area is 193 Å². The van der Waals surface area contributed by atoms with Crippen molar-refractivity contribution < 1.29 is 4.52 Å². The number of aryl methyl sites for hydroxylation is 1. The maximum absolute atomic E-state index is 6.42. The van der Waals surface area contributed by atoms with Crippen molar-refractivity contribution >= 4 is 11.6 Å². The van der Waals surface area contributed by atoms with Gasteiger partial charge in [0.15, 0.2) is 11.6 Å². The predicted octanol–water partition coefficient (Wildman–Crippen LogP) is 5.31. The number of hydrogen-bond acceptors (Lipinski definition) is 6. The van der Waals surface area contributed by atoms with E-state index in [0.29, 0.717) is 23.8 Å². The van der Waals surface area contributed by atoms with Gasteiger partial charge in [-0.05, 0) is 62.3 Å². The summed E-state index contributed by atoms with van der Waals surface area (Å²) in [6, 6.07) is 6.91. The Bertz CT molecular complexity index is 1110. The molecule has 3 aromatic rings. The molecule has 1 aliphatic heterocycles. The molecule has 0 saturated heterocycles. The Kier molecular flexibility index (Phi) is 5.26. The second-order valence-corrected chi connectivity index (χ2v) is 10.1. The van der Waals surface area contributed by atoms with E-state index >= 15 is 0 Å². The fourth-order valence-electron chi connectivity index (χ4n) is 5.93. The summed E-state index contributed by atoms with van der Waals surface area (Å²) in [4.78, 5) is 7.05. The van der Waals surface area contributed by atoms with Crippen molar-refractivity contribution in [3.8, 4) is 5.69 Å². The van der Waals surface area contributed by atoms with Crippen molar-refractivity contribution in [1.29, 1.82) is 0 Å². The molecule has 32 heavy (non-hydrogen) atoms. The minimum absolute atomic E-state index is 0.374. The maximum atomic E-state index is 6.42. The van der Waals surface area contributed by atoms with Crippen LogP contribution in [0.3, 0.4) is 0 Å². The lowest BCUT2D eigenvalue weighted by atomic mass is 9.81. The van der Waals surface area contributed by atoms with Crippen molar-refractivity contribution in [2.75, 3.05) is 0 Å². The van der Waals surface area contributed by atoms with E-state index in [-0.39, 0.29) is 0 Å². The summed E-state index contributed by atoms with van der Waals surface area (Å²) >= 11 is 6.42. The summed E-state index contributed by atoms with van der Waals surface area (Å²) in [5.41, 5.74) is 2.47. The first-order chi connectivity index (χ1) is 15.7. The van der Waals surface area contributed by atoms with Gasteiger partial charge in [0.25, 0.3) is 0 Å². The molecule has 2 fully saturated rings. The average molecular weight is 453 g/mol. The van der Waals surface area contributed by atoms with Crippen LogP contribution in [0, 0.1) is 6.92 Å². The zero-order chi connectivity index (χ0) is 21.7. The first kappa shape index (κ1) is 20.4. The number of halogens is 1. The molecule has 3 aliphatic rings. The zero-order valence-electron chi connectivity index (χ0n) is 18.5. The fourth-order valence-corrected chi connectivity index (χ4v) is 6.13. The maximum Gasteiger partial charge on any atom is 0.223 e. The van der Waals surface area contributed by atoms with Crippen molar-refractivity contribution in [1.82, 2.24) is 29.8 Å². The van der Waals surface area contributed by atoms with Gasteiger partial charge in [0.2, 0.25) is 5.89 Å². The minimum atomic E-state index is 0.374. The number of benzene rings is 1. The Morgan fingerprint density at radius 3 is 2.50 bits per heavy atom. The molecule has 3 heterocycles. The summed E-state index contributed by atoms with van der Waals surface area (Å²) in [6.45, 7) is 3.63. The topological polar surface area (TPSA) is 72.9 Å². The van der Waals surface area contributed by atoms with Gasteiger partial charge in [-0.3, -0.25) is 9.47 Å². The molecule has 0 spiro atoms. The molecule has 2 aliphatic carbocycles. The van der Waals surface area contributed by atoms with Crippen LogP contribution in [-0.4, -0.2) is 35.8 Å². The SMILES string of the molecule is Cc1nc(C2CCC(c3nnc4n3-c3ccc(Cl)cc3CN(C3CCCC3)C4)CC2)no1. The number of aromatic nitrogens is 5. The molecular formula is C24H29ClN6O. The highest BCUT2D eigenvalue weighted by Gasteiger charge is 2.34. The lowest BCUT2D eigenvalue weighted by Crippen LogP contribution is -2.31. The largest absolute Gasteiger partial charge is 0.340 e. The van der Waals surface area contributed by atoms with Gasteiger partial charge in [0.05, 0.1) is 12.2 Å². The van der Waals surface area contributed by atoms with E-state index in [1.807, 2.05) is 13.0 Å². The predicted molar refractivity (Wildman–Crippen MR) is 121 cm³/mol. The van der Waals surface area contributed by atoms with Crippen molar-refractivity contribution in [3.63, 3.8) is 0 Å². The van der Waals surface area contributed by atoms with E-state index in [2.05, 4.69) is 31.7 Å². The zero-order valence-corrected chi connectivity index (χ0v) is 19.3. The Morgan fingerprint density at radius 2 is 1.75 bits per heavy atom. The third-order valence-corrected chi connectivity index (χ3v) is 7.83. The van der Waals surface area contributed by atoms with Gasteiger partial charge in [-0.15, -0.1) is 10.2 Å². The number of hydrogen-bond donors (Lipinski definition) is 0. The van der Waals surface area contributed by atoms with E-state index in [4.69, 9.17) is 26.3 Å². The Morgan fingerprint density at radius 1 is 0.969 bits per heavy atom. The second-order valence-electron chi connectivity index (χ2n) is 9.65. The summed E-state index contributed by atoms with van der Waals surface area (Å²) in [6.07, 6.45) is 9.42. The molecule has 2 aromatic heterocycles. The number of rotatable bonds is 3. The van der Waals surface area contributed by atoms with Crippen LogP contribution in [0.5, 0.6) is 0 Å². The standard InChI is InChI=1S/C24H29ClN6O/c1-15-26-23(29-32-15)16-6-8-17(9-7-16)24-28-27-22-14-30(20-4-2-3-5-20)13-18-12-19(25)10-11-21(18)31(22)24/h10-12,16-17,20H,2-9,13-14H2,1H3. The third-order valence-electron chi connectivity index (χ3n) is 7.60. The molecule has 1 aromatic carbocycles. The molecule has 0 radical (unpaired) electrons. The van der Waals surface area contributed by atoms with Gasteiger partial charge in [-0.25, -0.2) is 0 Å². The van der Waals surface area contributed by atoms with E-state index in [1.165, 1.54) is 36.9 Å². The van der Waals surface area contributed by atoms with Gasteiger partial charge in [0, 0.05) is 36.4 Å². The van der Waals surface area contributed by atoms with Crippen molar-refractivity contribution in [2.24, 2.45) is 0 Å². The molecule has 2 saturated carbocycles. The van der Waals surface area contributed by atoms with Crippen LogP contribution in [-0.2, 0) is 13.1 Å². The summed E-state index contributed by atoms with van der Waals surface area (Å²) < 4.78 is 7.54. The molecule has 7 nitrogen and oxygen atoms in total. The van der Waals surface area contributed by atoms with Crippen LogP contribution in [0.15, 0.2) is 22.7 Å². The fraction of sp³-hybridized carbons (Fsp3) is 0.583. The molecular weight excluding hydrogens is 424 g/mol. The summed E-state index contributed by atoms with van der Waals surface area (Å²) in [7, 11) is 0. The molecule has 8 heteroatoms. The highest BCUT2D eigenvalue weighted by Crippen LogP contribution is 2.41. The van der Waals surface area contributed by atoms with Gasteiger partial charge in [-0.2, -0.15) is 4.98 Å². The second kappa shape index (κ2) is 8.27. The molecule has 0 unspecified atom stereocenters. The van der Waals surface area contributed by atoms with Crippen LogP contribution >= 0.6 is 11.6 Å². The average Bonchev–Trinajstić information content (AvgIpc) is 3.54. The highest BCUT2D eigenvalue weighted by molar-refractivity contribution is 6.30. The molecule has 0 bridgehead atoms. The third kappa shape index (κ3) is 3.65. The first-order valence-electron chi connectivity index (χ1n) is 11.9. The first-order valence-corrected chi connectivity index (χ1v) is 12.3. The minimum Gasteiger partial charge on any atom is -0.340 e. The van der Waals surface area contributed by atoms with E-state index in [1.54, 1.807) is 0 Å². The van der Waals surface area contributed by atoms with Gasteiger partial charge < -0.3 is 4.52 Å². The Hall–Kier alpha value is -2.25. The number of nitrogens with zero attached hydrogens (tertiary/aromatic N) is 6. The van der Waals surface area contributed by atoms with Gasteiger partial charge in [-0.1, -0.05) is 29.6 Å².